The van der Waals surface area contributed by atoms with Crippen LogP contribution in [0.3, 0.4) is 0 Å². The number of hydrogen-bond donors (Lipinski definition) is 5. The normalized spacial score (nSPS) is 23.0. The molecular formula is C43H60N6O7. The van der Waals surface area contributed by atoms with Crippen molar-refractivity contribution < 1.29 is 33.6 Å². The molecule has 1 aliphatic heterocycles. The highest BCUT2D eigenvalue weighted by molar-refractivity contribution is 6.38. The van der Waals surface area contributed by atoms with Crippen molar-refractivity contribution in [3.8, 4) is 0 Å². The summed E-state index contributed by atoms with van der Waals surface area (Å²) in [6.07, 6.45) is 10.8. The quantitative estimate of drug-likeness (QED) is 0.134. The lowest BCUT2D eigenvalue weighted by atomic mass is 9.81. The highest BCUT2D eigenvalue weighted by Crippen LogP contribution is 2.41. The molecule has 1 aromatic heterocycles. The summed E-state index contributed by atoms with van der Waals surface area (Å²) in [6.45, 7) is 9.00. The lowest BCUT2D eigenvalue weighted by Crippen LogP contribution is -2.63. The molecule has 0 radical (unpaired) electrons. The van der Waals surface area contributed by atoms with E-state index < -0.39 is 59.0 Å². The van der Waals surface area contributed by atoms with Gasteiger partial charge in [-0.05, 0) is 99.8 Å². The zero-order valence-corrected chi connectivity index (χ0v) is 33.6. The van der Waals surface area contributed by atoms with Crippen LogP contribution in [0.15, 0.2) is 24.3 Å². The Morgan fingerprint density at radius 1 is 0.857 bits per heavy atom. The topological polar surface area (TPSA) is 187 Å². The van der Waals surface area contributed by atoms with Crippen LogP contribution < -0.4 is 21.3 Å². The van der Waals surface area contributed by atoms with E-state index in [1.807, 2.05) is 27.7 Å². The zero-order chi connectivity index (χ0) is 40.3. The Kier molecular flexibility index (Phi) is 12.7. The molecule has 2 heterocycles. The van der Waals surface area contributed by atoms with Crippen molar-refractivity contribution in [2.24, 2.45) is 17.3 Å². The van der Waals surface area contributed by atoms with E-state index in [9.17, 15) is 33.6 Å². The summed E-state index contributed by atoms with van der Waals surface area (Å²) < 4.78 is 0. The molecule has 0 spiro atoms. The van der Waals surface area contributed by atoms with Gasteiger partial charge in [0.2, 0.25) is 23.5 Å². The van der Waals surface area contributed by atoms with Gasteiger partial charge in [0.15, 0.2) is 5.78 Å². The zero-order valence-electron chi connectivity index (χ0n) is 33.6. The van der Waals surface area contributed by atoms with Gasteiger partial charge in [-0.3, -0.25) is 33.6 Å². The molecule has 13 heteroatoms. The number of hydrogen-bond acceptors (Lipinski definition) is 7. The first-order valence-electron chi connectivity index (χ1n) is 20.9. The van der Waals surface area contributed by atoms with Gasteiger partial charge < -0.3 is 31.2 Å². The lowest BCUT2D eigenvalue weighted by molar-refractivity contribution is -0.147. The van der Waals surface area contributed by atoms with Crippen molar-refractivity contribution in [2.45, 2.75) is 161 Å². The number of carbonyl (C=O) groups is 7. The van der Waals surface area contributed by atoms with E-state index in [4.69, 9.17) is 0 Å². The molecule has 5 amide bonds. The molecule has 3 saturated carbocycles. The highest BCUT2D eigenvalue weighted by atomic mass is 16.2. The first kappa shape index (κ1) is 41.1. The average Bonchev–Trinajstić information content (AvgIpc) is 3.73. The molecule has 5 N–H and O–H groups in total. The number of fused-ring (bicyclic) bond motifs is 2. The number of rotatable bonds is 14. The molecule has 4 aliphatic rings. The van der Waals surface area contributed by atoms with E-state index in [2.05, 4.69) is 26.3 Å². The second-order valence-electron chi connectivity index (χ2n) is 17.8. The smallest absolute Gasteiger partial charge is 0.289 e. The Labute approximate surface area is 329 Å². The maximum Gasteiger partial charge on any atom is 0.289 e. The van der Waals surface area contributed by atoms with Crippen LogP contribution in [0.4, 0.5) is 0 Å². The first-order chi connectivity index (χ1) is 26.7. The minimum Gasteiger partial charge on any atom is -0.351 e. The van der Waals surface area contributed by atoms with Crippen LogP contribution in [0, 0.1) is 17.3 Å². The van der Waals surface area contributed by atoms with Gasteiger partial charge in [0.05, 0.1) is 6.04 Å². The molecule has 304 valence electrons. The predicted molar refractivity (Wildman–Crippen MR) is 212 cm³/mol. The van der Waals surface area contributed by atoms with Crippen LogP contribution in [0.25, 0.3) is 10.9 Å². The second kappa shape index (κ2) is 17.3. The largest absolute Gasteiger partial charge is 0.351 e. The Balaban J connectivity index is 1.23. The van der Waals surface area contributed by atoms with Gasteiger partial charge in [0.25, 0.3) is 11.8 Å². The standard InChI is InChI=1S/C43H60N6O7/c1-6-12-31(36(51)41(55)44-29-18-19-29)46-39(53)34-23-27-15-10-11-16-33(27)49(34)42(56)37(43(3,4)5)48-40(54)35(25-13-8-7-9-14-25)47-38(52)32-22-28-21-26(24(2)50)17-20-30(28)45-32/h17,20-22,25,27,29,31,33-35,37,45H,6-16,18-19,23H2,1-5H3,(H,44,55)(H,46,53)(H,47,52)(H,48,54)/t27-,31-,33-,34-,35-,37+/m0/s1. The molecular weight excluding hydrogens is 713 g/mol. The Morgan fingerprint density at radius 3 is 2.21 bits per heavy atom. The Bertz CT molecular complexity index is 1840. The summed E-state index contributed by atoms with van der Waals surface area (Å²) in [6, 6.07) is 2.85. The number of amides is 5. The molecule has 1 aromatic carbocycles. The fourth-order valence-corrected chi connectivity index (χ4v) is 9.07. The third-order valence-electron chi connectivity index (χ3n) is 12.4. The van der Waals surface area contributed by atoms with Crippen LogP contribution in [0.1, 0.15) is 145 Å². The maximum absolute atomic E-state index is 15.0. The predicted octanol–water partition coefficient (Wildman–Crippen LogP) is 4.87. The summed E-state index contributed by atoms with van der Waals surface area (Å²) in [5.74, 6) is -3.24. The van der Waals surface area contributed by atoms with E-state index in [1.54, 1.807) is 29.2 Å². The molecule has 4 fully saturated rings. The van der Waals surface area contributed by atoms with Gasteiger partial charge in [-0.15, -0.1) is 0 Å². The number of nitrogens with one attached hydrogen (secondary N) is 5. The highest BCUT2D eigenvalue weighted by Gasteiger charge is 2.51. The van der Waals surface area contributed by atoms with Crippen LogP contribution in [-0.2, 0) is 24.0 Å². The minimum absolute atomic E-state index is 0.00168. The van der Waals surface area contributed by atoms with E-state index in [0.717, 1.165) is 70.6 Å². The van der Waals surface area contributed by atoms with Crippen LogP contribution in [-0.4, -0.2) is 87.2 Å². The van der Waals surface area contributed by atoms with Crippen molar-refractivity contribution in [2.75, 3.05) is 0 Å². The van der Waals surface area contributed by atoms with Crippen molar-refractivity contribution in [3.63, 3.8) is 0 Å². The van der Waals surface area contributed by atoms with Crippen LogP contribution >= 0.6 is 0 Å². The number of aromatic amines is 1. The van der Waals surface area contributed by atoms with E-state index in [-0.39, 0.29) is 41.3 Å². The molecule has 6 rings (SSSR count). The summed E-state index contributed by atoms with van der Waals surface area (Å²) >= 11 is 0. The average molecular weight is 773 g/mol. The van der Waals surface area contributed by atoms with Crippen molar-refractivity contribution in [1.82, 2.24) is 31.2 Å². The van der Waals surface area contributed by atoms with E-state index in [0.29, 0.717) is 35.7 Å². The molecule has 6 atom stereocenters. The summed E-state index contributed by atoms with van der Waals surface area (Å²) in [5.41, 5.74) is 0.712. The summed E-state index contributed by atoms with van der Waals surface area (Å²) in [7, 11) is 0. The Hall–Kier alpha value is -4.55. The summed E-state index contributed by atoms with van der Waals surface area (Å²) in [5, 5.41) is 12.4. The first-order valence-corrected chi connectivity index (χ1v) is 20.9. The molecule has 56 heavy (non-hydrogen) atoms. The van der Waals surface area contributed by atoms with Crippen LogP contribution in [0.2, 0.25) is 0 Å². The number of nitrogens with zero attached hydrogens (tertiary/aromatic N) is 1. The molecule has 2 aromatic rings. The van der Waals surface area contributed by atoms with Crippen molar-refractivity contribution in [1.29, 1.82) is 0 Å². The van der Waals surface area contributed by atoms with Crippen molar-refractivity contribution in [3.05, 3.63) is 35.5 Å². The molecule has 13 nitrogen and oxygen atoms in total. The second-order valence-corrected chi connectivity index (χ2v) is 17.8. The number of benzene rings is 1. The van der Waals surface area contributed by atoms with Gasteiger partial charge in [-0.2, -0.15) is 0 Å². The number of Topliss-reactive ketones (excluding diaryl/α,β-unsaturated/α-hetero) is 2. The fourth-order valence-electron chi connectivity index (χ4n) is 9.07. The number of aromatic nitrogens is 1. The summed E-state index contributed by atoms with van der Waals surface area (Å²) in [4.78, 5) is 100. The lowest BCUT2D eigenvalue weighted by Gasteiger charge is -2.40. The molecule has 1 saturated heterocycles. The van der Waals surface area contributed by atoms with Crippen molar-refractivity contribution >= 4 is 52.0 Å². The van der Waals surface area contributed by atoms with Gasteiger partial charge >= 0.3 is 0 Å². The van der Waals surface area contributed by atoms with Gasteiger partial charge in [-0.1, -0.05) is 66.2 Å². The van der Waals surface area contributed by atoms with Crippen LogP contribution in [0.5, 0.6) is 0 Å². The molecule has 3 aliphatic carbocycles. The van der Waals surface area contributed by atoms with E-state index in [1.165, 1.54) is 6.92 Å². The SMILES string of the molecule is CCC[C@H](NC(=O)[C@@H]1C[C@@H]2CCCC[C@@H]2N1C(=O)[C@@H](NC(=O)[C@@H](NC(=O)c1cc2cc(C(C)=O)ccc2[nH]1)C1CCCCC1)C(C)(C)C)C(=O)C(=O)NC1CC1. The Morgan fingerprint density at radius 2 is 1.55 bits per heavy atom. The van der Waals surface area contributed by atoms with Gasteiger partial charge in [0.1, 0.15) is 23.8 Å². The van der Waals surface area contributed by atoms with E-state index >= 15 is 0 Å². The van der Waals surface area contributed by atoms with Gasteiger partial charge in [-0.25, -0.2) is 0 Å². The minimum atomic E-state index is -1.02. The molecule has 0 bridgehead atoms. The van der Waals surface area contributed by atoms with Gasteiger partial charge in [0, 0.05) is 28.6 Å². The number of carbonyl (C=O) groups excluding carboxylic acids is 7. The number of H-pyrrole nitrogens is 1. The number of ketones is 2. The third kappa shape index (κ3) is 9.35. The maximum atomic E-state index is 15.0. The monoisotopic (exact) mass is 772 g/mol. The fraction of sp³-hybridized carbons (Fsp3) is 0.651. The third-order valence-corrected chi connectivity index (χ3v) is 12.4. The number of likely N-dealkylation sites (tertiary alicyclic amines) is 1. The molecule has 0 unspecified atom stereocenters.